The summed E-state index contributed by atoms with van der Waals surface area (Å²) in [5.74, 6) is 0. The topological polar surface area (TPSA) is 60.4 Å². The van der Waals surface area contributed by atoms with Crippen LogP contribution in [0, 0.1) is 19.1 Å². The van der Waals surface area contributed by atoms with Crippen LogP contribution in [0.4, 0.5) is 0 Å². The van der Waals surface area contributed by atoms with E-state index in [0.29, 0.717) is 37.4 Å². The van der Waals surface area contributed by atoms with Crippen molar-refractivity contribution in [3.05, 3.63) is 82.6 Å². The number of quaternary nitrogens is 1. The summed E-state index contributed by atoms with van der Waals surface area (Å²) < 4.78 is 28.4. The highest BCUT2D eigenvalue weighted by Gasteiger charge is 2.25. The number of aryl methyl sites for hydroxylation is 2. The number of nitrogens with zero attached hydrogens (tertiary/aromatic N) is 2. The molecular weight excluding hydrogens is 408 g/mol. The van der Waals surface area contributed by atoms with Crippen LogP contribution < -0.4 is 0 Å². The molecule has 0 aliphatic heterocycles. The molecule has 0 spiro atoms. The molecule has 0 heterocycles. The molecule has 0 bridgehead atoms. The zero-order valence-electron chi connectivity index (χ0n) is 18.8. The summed E-state index contributed by atoms with van der Waals surface area (Å²) in [6, 6.07) is 19.2. The van der Waals surface area contributed by atoms with Gasteiger partial charge >= 0.3 is 0 Å². The lowest BCUT2D eigenvalue weighted by atomic mass is 10.1. The SMILES string of the molecule is Cc1cc(C)cc(CN(CCCC[N+](C)(C)[O-])S(=O)(=O)c2ccc3ccccc3c2)c1. The standard InChI is InChI=1S/C25H32N2O3S/c1-20-15-21(2)17-22(16-20)19-26(13-7-8-14-27(3,4)28)31(29,30)25-12-11-23-9-5-6-10-24(23)18-25/h5-6,9-12,15-18H,7-8,13-14,19H2,1-4H3. The third kappa shape index (κ3) is 6.37. The molecule has 0 N–H and O–H groups in total. The highest BCUT2D eigenvalue weighted by Crippen LogP contribution is 2.24. The molecule has 166 valence electrons. The molecule has 6 heteroatoms. The van der Waals surface area contributed by atoms with Gasteiger partial charge in [-0.25, -0.2) is 8.42 Å². The Morgan fingerprint density at radius 3 is 2.16 bits per heavy atom. The Morgan fingerprint density at radius 1 is 0.871 bits per heavy atom. The number of sulfonamides is 1. The fourth-order valence-electron chi connectivity index (χ4n) is 3.91. The lowest BCUT2D eigenvalue weighted by molar-refractivity contribution is -0.840. The number of hydrogen-bond donors (Lipinski definition) is 0. The summed E-state index contributed by atoms with van der Waals surface area (Å²) in [7, 11) is -0.462. The van der Waals surface area contributed by atoms with Gasteiger partial charge in [-0.3, -0.25) is 0 Å². The van der Waals surface area contributed by atoms with E-state index in [4.69, 9.17) is 0 Å². The summed E-state index contributed by atoms with van der Waals surface area (Å²) >= 11 is 0. The van der Waals surface area contributed by atoms with Crippen molar-refractivity contribution >= 4 is 20.8 Å². The average Bonchev–Trinajstić information content (AvgIpc) is 2.68. The molecule has 0 radical (unpaired) electrons. The summed E-state index contributed by atoms with van der Waals surface area (Å²) in [5.41, 5.74) is 3.20. The molecule has 0 saturated heterocycles. The van der Waals surface area contributed by atoms with E-state index in [1.165, 1.54) is 0 Å². The number of rotatable bonds is 9. The second kappa shape index (κ2) is 9.49. The minimum atomic E-state index is -3.68. The Morgan fingerprint density at radius 2 is 1.52 bits per heavy atom. The smallest absolute Gasteiger partial charge is 0.243 e. The van der Waals surface area contributed by atoms with E-state index < -0.39 is 10.0 Å². The molecule has 0 atom stereocenters. The highest BCUT2D eigenvalue weighted by molar-refractivity contribution is 7.89. The van der Waals surface area contributed by atoms with E-state index in [2.05, 4.69) is 6.07 Å². The van der Waals surface area contributed by atoms with Crippen molar-refractivity contribution in [3.63, 3.8) is 0 Å². The quantitative estimate of drug-likeness (QED) is 0.267. The first-order valence-electron chi connectivity index (χ1n) is 10.6. The molecule has 0 amide bonds. The first kappa shape index (κ1) is 23.4. The summed E-state index contributed by atoms with van der Waals surface area (Å²) in [6.45, 7) is 5.20. The summed E-state index contributed by atoms with van der Waals surface area (Å²) in [6.07, 6.45) is 1.31. The Balaban J connectivity index is 1.90. The van der Waals surface area contributed by atoms with Crippen LogP contribution in [0.3, 0.4) is 0 Å². The van der Waals surface area contributed by atoms with E-state index in [1.54, 1.807) is 30.5 Å². The first-order chi connectivity index (χ1) is 14.5. The normalized spacial score (nSPS) is 12.6. The third-order valence-electron chi connectivity index (χ3n) is 5.35. The van der Waals surface area contributed by atoms with Gasteiger partial charge in [0.25, 0.3) is 0 Å². The van der Waals surface area contributed by atoms with Gasteiger partial charge in [0, 0.05) is 13.1 Å². The summed E-state index contributed by atoms with van der Waals surface area (Å²) in [5, 5.41) is 13.8. The molecular formula is C25H32N2O3S. The van der Waals surface area contributed by atoms with Crippen molar-refractivity contribution in [3.8, 4) is 0 Å². The highest BCUT2D eigenvalue weighted by atomic mass is 32.2. The third-order valence-corrected chi connectivity index (χ3v) is 7.19. The maximum Gasteiger partial charge on any atom is 0.243 e. The van der Waals surface area contributed by atoms with E-state index in [1.807, 2.05) is 56.3 Å². The van der Waals surface area contributed by atoms with Crippen LogP contribution in [-0.2, 0) is 16.6 Å². The van der Waals surface area contributed by atoms with Gasteiger partial charge in [0.2, 0.25) is 10.0 Å². The predicted molar refractivity (Wildman–Crippen MR) is 127 cm³/mol. The molecule has 0 aliphatic carbocycles. The fraction of sp³-hybridized carbons (Fsp3) is 0.360. The van der Waals surface area contributed by atoms with E-state index >= 15 is 0 Å². The van der Waals surface area contributed by atoms with Gasteiger partial charge in [-0.2, -0.15) is 4.31 Å². The van der Waals surface area contributed by atoms with Gasteiger partial charge in [-0.1, -0.05) is 59.7 Å². The number of fused-ring (bicyclic) bond motifs is 1. The van der Waals surface area contributed by atoms with Gasteiger partial charge in [-0.05, 0) is 55.2 Å². The van der Waals surface area contributed by atoms with E-state index in [0.717, 1.165) is 27.5 Å². The average molecular weight is 441 g/mol. The second-order valence-corrected chi connectivity index (χ2v) is 10.8. The van der Waals surface area contributed by atoms with Crippen LogP contribution in [0.2, 0.25) is 0 Å². The van der Waals surface area contributed by atoms with Crippen molar-refractivity contribution in [1.82, 2.24) is 4.31 Å². The maximum absolute atomic E-state index is 13.6. The van der Waals surface area contributed by atoms with Gasteiger partial charge < -0.3 is 9.85 Å². The van der Waals surface area contributed by atoms with E-state index in [-0.39, 0.29) is 4.65 Å². The fourth-order valence-corrected chi connectivity index (χ4v) is 5.41. The first-order valence-corrected chi connectivity index (χ1v) is 12.1. The van der Waals surface area contributed by atoms with E-state index in [9.17, 15) is 13.6 Å². The number of hydrogen-bond acceptors (Lipinski definition) is 3. The number of benzene rings is 3. The zero-order valence-corrected chi connectivity index (χ0v) is 19.7. The lowest BCUT2D eigenvalue weighted by Gasteiger charge is -2.34. The number of hydroxylamine groups is 3. The van der Waals surface area contributed by atoms with Crippen molar-refractivity contribution < 1.29 is 13.1 Å². The molecule has 0 saturated carbocycles. The minimum absolute atomic E-state index is 0.301. The molecule has 0 aromatic heterocycles. The molecule has 3 aromatic rings. The van der Waals surface area contributed by atoms with Gasteiger partial charge in [0.15, 0.2) is 0 Å². The van der Waals surface area contributed by atoms with Crippen LogP contribution in [0.5, 0.6) is 0 Å². The van der Waals surface area contributed by atoms with Gasteiger partial charge in [-0.15, -0.1) is 0 Å². The predicted octanol–water partition coefficient (Wildman–Crippen LogP) is 5.00. The molecule has 5 nitrogen and oxygen atoms in total. The Kier molecular flexibility index (Phi) is 7.17. The summed E-state index contributed by atoms with van der Waals surface area (Å²) in [4.78, 5) is 0.301. The van der Waals surface area contributed by atoms with Crippen molar-refractivity contribution in [1.29, 1.82) is 0 Å². The largest absolute Gasteiger partial charge is 0.633 e. The van der Waals surface area contributed by atoms with Crippen molar-refractivity contribution in [2.24, 2.45) is 0 Å². The maximum atomic E-state index is 13.6. The Hall–Kier alpha value is -2.25. The van der Waals surface area contributed by atoms with Crippen LogP contribution >= 0.6 is 0 Å². The zero-order chi connectivity index (χ0) is 22.6. The molecule has 3 aromatic carbocycles. The Bertz CT molecular complexity index is 1130. The Labute approximate surface area is 186 Å². The molecule has 0 aliphatic rings. The second-order valence-electron chi connectivity index (χ2n) is 8.85. The molecule has 0 unspecified atom stereocenters. The van der Waals surface area contributed by atoms with Crippen molar-refractivity contribution in [2.75, 3.05) is 27.2 Å². The van der Waals surface area contributed by atoms with Crippen LogP contribution in [-0.4, -0.2) is 44.6 Å². The number of unbranched alkanes of at least 4 members (excludes halogenated alkanes) is 1. The van der Waals surface area contributed by atoms with Crippen LogP contribution in [0.15, 0.2) is 65.6 Å². The van der Waals surface area contributed by atoms with Crippen LogP contribution in [0.25, 0.3) is 10.8 Å². The molecule has 0 fully saturated rings. The monoisotopic (exact) mass is 440 g/mol. The molecule has 3 rings (SSSR count). The lowest BCUT2D eigenvalue weighted by Crippen LogP contribution is -2.35. The van der Waals surface area contributed by atoms with Gasteiger partial charge in [0.1, 0.15) is 0 Å². The molecule has 31 heavy (non-hydrogen) atoms. The van der Waals surface area contributed by atoms with Crippen molar-refractivity contribution in [2.45, 2.75) is 38.1 Å². The van der Waals surface area contributed by atoms with Gasteiger partial charge in [0.05, 0.1) is 25.5 Å². The van der Waals surface area contributed by atoms with Crippen LogP contribution in [0.1, 0.15) is 29.5 Å². The minimum Gasteiger partial charge on any atom is -0.633 e.